The molecule has 0 heterocycles. The van der Waals surface area contributed by atoms with Crippen LogP contribution < -0.4 is 10.0 Å². The molecule has 156 valence electrons. The van der Waals surface area contributed by atoms with E-state index in [-0.39, 0.29) is 18.8 Å². The van der Waals surface area contributed by atoms with Gasteiger partial charge < -0.3 is 5.11 Å². The predicted molar refractivity (Wildman–Crippen MR) is 108 cm³/mol. The summed E-state index contributed by atoms with van der Waals surface area (Å²) in [5, 5.41) is 13.7. The van der Waals surface area contributed by atoms with Crippen LogP contribution in [0.1, 0.15) is 64.4 Å². The smallest absolute Gasteiger partial charge is 0.219 e. The minimum absolute atomic E-state index is 0.178. The number of hydrogen-bond acceptors (Lipinski definition) is 4. The van der Waals surface area contributed by atoms with Gasteiger partial charge in [-0.1, -0.05) is 57.0 Å². The normalized spacial score (nSPS) is 15.4. The lowest BCUT2D eigenvalue weighted by atomic mass is 9.95. The Labute approximate surface area is 163 Å². The average Bonchev–Trinajstić information content (AvgIpc) is 2.61. The molecule has 0 aliphatic rings. The van der Waals surface area contributed by atoms with Crippen molar-refractivity contribution >= 4 is 10.0 Å². The largest absolute Gasteiger partial charge is 0.362 e. The summed E-state index contributed by atoms with van der Waals surface area (Å²) in [5.74, 6) is -1.36. The van der Waals surface area contributed by atoms with Crippen LogP contribution in [-0.4, -0.2) is 32.6 Å². The zero-order chi connectivity index (χ0) is 20.2. The first kappa shape index (κ1) is 24.0. The molecule has 27 heavy (non-hydrogen) atoms. The number of benzene rings is 1. The van der Waals surface area contributed by atoms with E-state index in [1.54, 1.807) is 24.3 Å². The molecule has 1 rings (SSSR count). The SMILES string of the molecule is CCCC(O)(NCCCC(CC)CCCF)NS(=O)(=O)Cc1ccccc1. The van der Waals surface area contributed by atoms with Gasteiger partial charge in [0.1, 0.15) is 0 Å². The number of alkyl halides is 1. The molecule has 0 aliphatic carbocycles. The van der Waals surface area contributed by atoms with Crippen molar-refractivity contribution in [2.45, 2.75) is 70.4 Å². The van der Waals surface area contributed by atoms with Gasteiger partial charge in [0.2, 0.25) is 10.0 Å². The van der Waals surface area contributed by atoms with Gasteiger partial charge in [-0.2, -0.15) is 4.72 Å². The van der Waals surface area contributed by atoms with Crippen molar-refractivity contribution in [1.82, 2.24) is 10.0 Å². The van der Waals surface area contributed by atoms with E-state index >= 15 is 0 Å². The van der Waals surface area contributed by atoms with Crippen LogP contribution in [0, 0.1) is 5.92 Å². The third kappa shape index (κ3) is 10.2. The van der Waals surface area contributed by atoms with Crippen LogP contribution in [-0.2, 0) is 15.8 Å². The topological polar surface area (TPSA) is 78.4 Å². The fraction of sp³-hybridized carbons (Fsp3) is 0.700. The Kier molecular flexibility index (Phi) is 11.1. The Balaban J connectivity index is 2.56. The van der Waals surface area contributed by atoms with Gasteiger partial charge in [0.25, 0.3) is 0 Å². The fourth-order valence-corrected chi connectivity index (χ4v) is 4.62. The van der Waals surface area contributed by atoms with Crippen LogP contribution in [0.2, 0.25) is 0 Å². The third-order valence-electron chi connectivity index (χ3n) is 4.67. The van der Waals surface area contributed by atoms with Crippen molar-refractivity contribution in [1.29, 1.82) is 0 Å². The molecule has 7 heteroatoms. The van der Waals surface area contributed by atoms with Gasteiger partial charge in [-0.3, -0.25) is 9.71 Å². The Bertz CT molecular complexity index is 613. The molecule has 0 saturated heterocycles. The maximum atomic E-state index is 12.4. The molecule has 0 bridgehead atoms. The molecule has 5 nitrogen and oxygen atoms in total. The zero-order valence-electron chi connectivity index (χ0n) is 16.6. The standard InChI is InChI=1S/C20H35FN2O3S/c1-3-14-20(24,22-16-9-13-18(4-2)12-8-15-21)23-27(25,26)17-19-10-6-5-7-11-19/h5-7,10-11,18,22-24H,3-4,8-9,12-17H2,1-2H3. The van der Waals surface area contributed by atoms with Gasteiger partial charge in [0.15, 0.2) is 5.85 Å². The molecule has 0 fully saturated rings. The van der Waals surface area contributed by atoms with Gasteiger partial charge >= 0.3 is 0 Å². The molecule has 1 aromatic carbocycles. The lowest BCUT2D eigenvalue weighted by molar-refractivity contribution is -0.0149. The van der Waals surface area contributed by atoms with E-state index in [4.69, 9.17) is 0 Å². The molecule has 0 amide bonds. The summed E-state index contributed by atoms with van der Waals surface area (Å²) in [6.45, 7) is 4.20. The second-order valence-corrected chi connectivity index (χ2v) is 8.85. The number of halogens is 1. The highest BCUT2D eigenvalue weighted by Gasteiger charge is 2.30. The summed E-state index contributed by atoms with van der Waals surface area (Å²) < 4.78 is 39.6. The number of nitrogens with one attached hydrogen (secondary N) is 2. The molecule has 2 unspecified atom stereocenters. The van der Waals surface area contributed by atoms with Gasteiger partial charge in [-0.15, -0.1) is 0 Å². The van der Waals surface area contributed by atoms with Crippen molar-refractivity contribution in [3.05, 3.63) is 35.9 Å². The molecule has 0 spiro atoms. The van der Waals surface area contributed by atoms with Gasteiger partial charge in [0.05, 0.1) is 12.4 Å². The van der Waals surface area contributed by atoms with Crippen molar-refractivity contribution in [2.75, 3.05) is 13.2 Å². The molecule has 0 radical (unpaired) electrons. The van der Waals surface area contributed by atoms with Gasteiger partial charge in [0, 0.05) is 6.42 Å². The van der Waals surface area contributed by atoms with E-state index in [1.807, 2.05) is 13.0 Å². The summed E-state index contributed by atoms with van der Waals surface area (Å²) in [4.78, 5) is 0. The Morgan fingerprint density at radius 1 is 1.15 bits per heavy atom. The van der Waals surface area contributed by atoms with Gasteiger partial charge in [-0.05, 0) is 43.7 Å². The molecule has 0 saturated carbocycles. The van der Waals surface area contributed by atoms with Crippen molar-refractivity contribution in [3.8, 4) is 0 Å². The summed E-state index contributed by atoms with van der Waals surface area (Å²) in [5.41, 5.74) is 0.669. The molecule has 3 N–H and O–H groups in total. The van der Waals surface area contributed by atoms with Crippen LogP contribution >= 0.6 is 0 Å². The first-order valence-electron chi connectivity index (χ1n) is 9.93. The van der Waals surface area contributed by atoms with Crippen LogP contribution in [0.4, 0.5) is 4.39 Å². The number of hydrogen-bond donors (Lipinski definition) is 3. The molecule has 2 atom stereocenters. The Hall–Kier alpha value is -1.02. The predicted octanol–water partition coefficient (Wildman–Crippen LogP) is 3.70. The first-order valence-corrected chi connectivity index (χ1v) is 11.6. The average molecular weight is 403 g/mol. The second-order valence-electron chi connectivity index (χ2n) is 7.13. The van der Waals surface area contributed by atoms with Crippen molar-refractivity contribution < 1.29 is 17.9 Å². The minimum Gasteiger partial charge on any atom is -0.362 e. The Morgan fingerprint density at radius 3 is 2.41 bits per heavy atom. The highest BCUT2D eigenvalue weighted by Crippen LogP contribution is 2.18. The molecule has 0 aromatic heterocycles. The number of aliphatic hydroxyl groups is 1. The summed E-state index contributed by atoms with van der Waals surface area (Å²) in [6.07, 6.45) is 5.11. The van der Waals surface area contributed by atoms with E-state index in [0.717, 1.165) is 25.7 Å². The summed E-state index contributed by atoms with van der Waals surface area (Å²) in [7, 11) is -3.69. The monoisotopic (exact) mass is 402 g/mol. The minimum atomic E-state index is -3.69. The quantitative estimate of drug-likeness (QED) is 0.309. The van der Waals surface area contributed by atoms with Crippen molar-refractivity contribution in [2.24, 2.45) is 5.92 Å². The third-order valence-corrected chi connectivity index (χ3v) is 6.03. The van der Waals surface area contributed by atoms with Crippen LogP contribution in [0.3, 0.4) is 0 Å². The summed E-state index contributed by atoms with van der Waals surface area (Å²) in [6, 6.07) is 8.89. The molecular weight excluding hydrogens is 367 g/mol. The van der Waals surface area contributed by atoms with E-state index in [0.29, 0.717) is 30.9 Å². The lowest BCUT2D eigenvalue weighted by Gasteiger charge is -2.30. The molecule has 1 aromatic rings. The van der Waals surface area contributed by atoms with E-state index in [9.17, 15) is 17.9 Å². The van der Waals surface area contributed by atoms with Gasteiger partial charge in [-0.25, -0.2) is 8.42 Å². The molecule has 0 aliphatic heterocycles. The summed E-state index contributed by atoms with van der Waals surface area (Å²) >= 11 is 0. The van der Waals surface area contributed by atoms with Crippen molar-refractivity contribution in [3.63, 3.8) is 0 Å². The van der Waals surface area contributed by atoms with E-state index in [2.05, 4.69) is 17.0 Å². The highest BCUT2D eigenvalue weighted by atomic mass is 32.2. The zero-order valence-corrected chi connectivity index (χ0v) is 17.4. The first-order chi connectivity index (χ1) is 12.8. The maximum Gasteiger partial charge on any atom is 0.219 e. The van der Waals surface area contributed by atoms with Crippen LogP contribution in [0.5, 0.6) is 0 Å². The fourth-order valence-electron chi connectivity index (χ4n) is 3.23. The molecular formula is C20H35FN2O3S. The maximum absolute atomic E-state index is 12.4. The van der Waals surface area contributed by atoms with E-state index < -0.39 is 15.9 Å². The van der Waals surface area contributed by atoms with Crippen LogP contribution in [0.15, 0.2) is 30.3 Å². The van der Waals surface area contributed by atoms with E-state index in [1.165, 1.54) is 0 Å². The highest BCUT2D eigenvalue weighted by molar-refractivity contribution is 7.88. The lowest BCUT2D eigenvalue weighted by Crippen LogP contribution is -2.59. The Morgan fingerprint density at radius 2 is 1.81 bits per heavy atom. The number of sulfonamides is 1. The second kappa shape index (κ2) is 12.4. The van der Waals surface area contributed by atoms with Crippen LogP contribution in [0.25, 0.3) is 0 Å². The number of rotatable bonds is 15.